The Morgan fingerprint density at radius 3 is 1.69 bits per heavy atom. The van der Waals surface area contributed by atoms with Crippen LogP contribution in [0.25, 0.3) is 0 Å². The number of Topliss-reactive ketones (excluding diaryl/α,β-unsaturated/α-hetero) is 2. The summed E-state index contributed by atoms with van der Waals surface area (Å²) in [5.74, 6) is 0.392. The van der Waals surface area contributed by atoms with Gasteiger partial charge in [0.25, 0.3) is 5.91 Å². The summed E-state index contributed by atoms with van der Waals surface area (Å²) >= 11 is 3.59. The number of nitrogens with one attached hydrogen (secondary N) is 4. The molecule has 1 aromatic rings. The van der Waals surface area contributed by atoms with Crippen LogP contribution in [0.3, 0.4) is 0 Å². The summed E-state index contributed by atoms with van der Waals surface area (Å²) in [7, 11) is 0. The van der Waals surface area contributed by atoms with Crippen molar-refractivity contribution in [1.29, 1.82) is 0 Å². The van der Waals surface area contributed by atoms with Gasteiger partial charge >= 0.3 is 0 Å². The Morgan fingerprint density at radius 1 is 0.722 bits per heavy atom. The lowest BCUT2D eigenvalue weighted by atomic mass is 9.99. The lowest BCUT2D eigenvalue weighted by Gasteiger charge is -2.28. The standard InChI is InChI=1S/C28H46N2O4S2.C13H24N2O3/c1-19(2)35-17-23(18-36-20(3)4)25(32)21-10-12-22(13-11-21)26(33)29-16-24(31)30-28(8,9)14-15-34-27(5,6)7;1-6-11(17)15-12(9(4)5)13(18)14-7-10(16)8(2)3/h10-13,19-20,23H,14-18H2,1-9H3,(H,29,33)(H,30,31);8-9,12H,6-7H2,1-5H3,(H,14,18)(H,15,17). The van der Waals surface area contributed by atoms with Crippen molar-refractivity contribution in [3.63, 3.8) is 0 Å². The Balaban J connectivity index is 0.00000131. The van der Waals surface area contributed by atoms with Gasteiger partial charge in [0.2, 0.25) is 17.7 Å². The van der Waals surface area contributed by atoms with Crippen molar-refractivity contribution in [2.75, 3.05) is 31.2 Å². The minimum atomic E-state index is -0.586. The van der Waals surface area contributed by atoms with E-state index in [2.05, 4.69) is 49.0 Å². The van der Waals surface area contributed by atoms with E-state index in [-0.39, 0.29) is 71.6 Å². The van der Waals surface area contributed by atoms with Crippen LogP contribution >= 0.6 is 23.5 Å². The Hall–Kier alpha value is -2.90. The number of carbonyl (C=O) groups excluding carboxylic acids is 6. The molecule has 0 heterocycles. The zero-order valence-corrected chi connectivity index (χ0v) is 37.0. The van der Waals surface area contributed by atoms with Crippen LogP contribution in [0, 0.1) is 17.8 Å². The largest absolute Gasteiger partial charge is 0.376 e. The van der Waals surface area contributed by atoms with E-state index in [1.165, 1.54) is 0 Å². The van der Waals surface area contributed by atoms with Crippen LogP contribution in [0.1, 0.15) is 130 Å². The molecule has 0 bridgehead atoms. The van der Waals surface area contributed by atoms with E-state index in [9.17, 15) is 28.8 Å². The van der Waals surface area contributed by atoms with Crippen LogP contribution in [0.2, 0.25) is 0 Å². The van der Waals surface area contributed by atoms with E-state index in [0.29, 0.717) is 41.1 Å². The van der Waals surface area contributed by atoms with Crippen LogP contribution in [0.15, 0.2) is 24.3 Å². The summed E-state index contributed by atoms with van der Waals surface area (Å²) in [5.41, 5.74) is 0.354. The number of ketones is 2. The Morgan fingerprint density at radius 2 is 1.24 bits per heavy atom. The van der Waals surface area contributed by atoms with Gasteiger partial charge in [-0.1, -0.05) is 74.4 Å². The fraction of sp³-hybridized carbons (Fsp3) is 0.707. The molecule has 4 N–H and O–H groups in total. The number of benzene rings is 1. The molecule has 0 aliphatic heterocycles. The third-order valence-corrected chi connectivity index (χ3v) is 10.4. The maximum Gasteiger partial charge on any atom is 0.251 e. The number of amides is 4. The summed E-state index contributed by atoms with van der Waals surface area (Å²) in [6.07, 6.45) is 0.993. The monoisotopic (exact) mass is 794 g/mol. The summed E-state index contributed by atoms with van der Waals surface area (Å²) in [5, 5.41) is 11.8. The first-order chi connectivity index (χ1) is 24.9. The second-order valence-electron chi connectivity index (χ2n) is 16.2. The molecule has 1 rings (SSSR count). The van der Waals surface area contributed by atoms with Gasteiger partial charge in [-0.2, -0.15) is 23.5 Å². The first-order valence-electron chi connectivity index (χ1n) is 19.1. The number of carbonyl (C=O) groups is 6. The summed E-state index contributed by atoms with van der Waals surface area (Å²) < 4.78 is 5.74. The van der Waals surface area contributed by atoms with E-state index in [4.69, 9.17) is 4.74 Å². The topological polar surface area (TPSA) is 160 Å². The normalized spacial score (nSPS) is 12.4. The van der Waals surface area contributed by atoms with Gasteiger partial charge < -0.3 is 26.0 Å². The van der Waals surface area contributed by atoms with E-state index < -0.39 is 11.6 Å². The van der Waals surface area contributed by atoms with Crippen molar-refractivity contribution >= 4 is 58.7 Å². The lowest BCUT2D eigenvalue weighted by molar-refractivity contribution is -0.131. The number of ether oxygens (including phenoxy) is 1. The SMILES string of the molecule is CC(C)SCC(CSC(C)C)C(=O)c1ccc(C(=O)NCC(=O)NC(C)(C)CCOC(C)(C)C)cc1.CCC(=O)NC(C(=O)NCC(=O)C(C)C)C(C)C. The highest BCUT2D eigenvalue weighted by Crippen LogP contribution is 2.24. The average Bonchev–Trinajstić information content (AvgIpc) is 3.06. The van der Waals surface area contributed by atoms with E-state index >= 15 is 0 Å². The molecule has 0 spiro atoms. The maximum absolute atomic E-state index is 13.1. The predicted octanol–water partition coefficient (Wildman–Crippen LogP) is 6.48. The van der Waals surface area contributed by atoms with Gasteiger partial charge in [-0.15, -0.1) is 0 Å². The molecule has 1 unspecified atom stereocenters. The van der Waals surface area contributed by atoms with Crippen LogP contribution < -0.4 is 21.3 Å². The zero-order chi connectivity index (χ0) is 41.8. The molecule has 1 atom stereocenters. The highest BCUT2D eigenvalue weighted by molar-refractivity contribution is 8.00. The van der Waals surface area contributed by atoms with Crippen molar-refractivity contribution in [3.05, 3.63) is 35.4 Å². The summed E-state index contributed by atoms with van der Waals surface area (Å²) in [4.78, 5) is 72.7. The smallest absolute Gasteiger partial charge is 0.251 e. The second kappa shape index (κ2) is 25.3. The Kier molecular flexibility index (Phi) is 23.9. The predicted molar refractivity (Wildman–Crippen MR) is 224 cm³/mol. The molecular weight excluding hydrogens is 725 g/mol. The van der Waals surface area contributed by atoms with Gasteiger partial charge in [0.15, 0.2) is 11.6 Å². The molecule has 4 amide bonds. The third kappa shape index (κ3) is 23.1. The van der Waals surface area contributed by atoms with E-state index in [1.54, 1.807) is 68.6 Å². The quantitative estimate of drug-likeness (QED) is 0.0965. The van der Waals surface area contributed by atoms with Crippen LogP contribution in [0.5, 0.6) is 0 Å². The molecule has 0 aliphatic carbocycles. The lowest BCUT2D eigenvalue weighted by Crippen LogP contribution is -2.50. The highest BCUT2D eigenvalue weighted by atomic mass is 32.2. The van der Waals surface area contributed by atoms with Gasteiger partial charge in [0, 0.05) is 53.0 Å². The van der Waals surface area contributed by atoms with Gasteiger partial charge in [0.1, 0.15) is 6.04 Å². The third-order valence-electron chi connectivity index (χ3n) is 7.88. The Labute approximate surface area is 334 Å². The highest BCUT2D eigenvalue weighted by Gasteiger charge is 2.25. The second-order valence-corrected chi connectivity index (χ2v) is 19.4. The van der Waals surface area contributed by atoms with Gasteiger partial charge in [-0.25, -0.2) is 0 Å². The number of hydrogen-bond acceptors (Lipinski definition) is 9. The number of rotatable bonds is 22. The Bertz CT molecular complexity index is 1330. The number of hydrogen-bond donors (Lipinski definition) is 4. The first kappa shape index (κ1) is 51.1. The molecule has 54 heavy (non-hydrogen) atoms. The van der Waals surface area contributed by atoms with Gasteiger partial charge in [-0.3, -0.25) is 28.8 Å². The maximum atomic E-state index is 13.1. The van der Waals surface area contributed by atoms with Crippen molar-refractivity contribution < 1.29 is 33.5 Å². The molecule has 308 valence electrons. The molecule has 0 saturated heterocycles. The summed E-state index contributed by atoms with van der Waals surface area (Å²) in [6, 6.07) is 6.13. The van der Waals surface area contributed by atoms with Crippen LogP contribution in [-0.2, 0) is 23.9 Å². The molecular formula is C41H70N4O7S2. The zero-order valence-electron chi connectivity index (χ0n) is 35.4. The van der Waals surface area contributed by atoms with Crippen molar-refractivity contribution in [1.82, 2.24) is 21.3 Å². The fourth-order valence-corrected chi connectivity index (χ4v) is 6.42. The average molecular weight is 795 g/mol. The molecule has 0 saturated carbocycles. The van der Waals surface area contributed by atoms with Gasteiger partial charge in [0.05, 0.1) is 18.7 Å². The fourth-order valence-electron chi connectivity index (χ4n) is 4.50. The van der Waals surface area contributed by atoms with Crippen LogP contribution in [-0.4, -0.2) is 94.1 Å². The summed E-state index contributed by atoms with van der Waals surface area (Å²) in [6.45, 7) is 27.8. The van der Waals surface area contributed by atoms with Crippen molar-refractivity contribution in [3.8, 4) is 0 Å². The molecule has 0 radical (unpaired) electrons. The molecule has 1 aromatic carbocycles. The van der Waals surface area contributed by atoms with E-state index in [1.807, 2.05) is 48.5 Å². The molecule has 11 nitrogen and oxygen atoms in total. The minimum Gasteiger partial charge on any atom is -0.376 e. The van der Waals surface area contributed by atoms with Gasteiger partial charge in [-0.05, 0) is 69.6 Å². The molecule has 13 heteroatoms. The molecule has 0 aliphatic rings. The van der Waals surface area contributed by atoms with Crippen molar-refractivity contribution in [2.24, 2.45) is 17.8 Å². The molecule has 0 aromatic heterocycles. The minimum absolute atomic E-state index is 0.0156. The van der Waals surface area contributed by atoms with Crippen LogP contribution in [0.4, 0.5) is 0 Å². The molecule has 0 fully saturated rings. The van der Waals surface area contributed by atoms with Crippen molar-refractivity contribution in [2.45, 2.75) is 137 Å². The number of thioether (sulfide) groups is 2. The van der Waals surface area contributed by atoms with E-state index in [0.717, 1.165) is 11.5 Å². The first-order valence-corrected chi connectivity index (χ1v) is 21.2.